The molecule has 1 amide bonds. The van der Waals surface area contributed by atoms with Crippen LogP contribution < -0.4 is 19.9 Å². The van der Waals surface area contributed by atoms with Crippen LogP contribution in [0.3, 0.4) is 0 Å². The van der Waals surface area contributed by atoms with Gasteiger partial charge in [-0.25, -0.2) is 4.98 Å². The number of nitrogens with one attached hydrogen (secondary N) is 2. The average molecular weight is 364 g/mol. The van der Waals surface area contributed by atoms with Crippen molar-refractivity contribution in [2.75, 3.05) is 11.9 Å². The third-order valence-corrected chi connectivity index (χ3v) is 5.03. The van der Waals surface area contributed by atoms with E-state index in [1.54, 1.807) is 0 Å². The number of unbranched alkanes of at least 4 members (excludes halogenated alkanes) is 2. The number of anilines is 1. The molecule has 1 aliphatic rings. The number of benzene rings is 1. The molecule has 4 N–H and O–H groups in total. The van der Waals surface area contributed by atoms with Crippen LogP contribution in [0.15, 0.2) is 24.3 Å². The first-order valence-electron chi connectivity index (χ1n) is 7.88. The predicted molar refractivity (Wildman–Crippen MR) is 98.8 cm³/mol. The molecular formula is C16H20N4O2S2. The number of thiazole rings is 1. The molecule has 1 aliphatic heterocycles. The lowest BCUT2D eigenvalue weighted by Crippen LogP contribution is -2.12. The van der Waals surface area contributed by atoms with Crippen molar-refractivity contribution in [3.63, 3.8) is 0 Å². The number of carbonyl (C=O) groups is 1. The molecular weight excluding hydrogens is 344 g/mol. The van der Waals surface area contributed by atoms with E-state index in [0.29, 0.717) is 18.2 Å². The van der Waals surface area contributed by atoms with Crippen LogP contribution >= 0.6 is 23.5 Å². The average Bonchev–Trinajstić information content (AvgIpc) is 3.01. The Morgan fingerprint density at radius 1 is 1.33 bits per heavy atom. The van der Waals surface area contributed by atoms with E-state index in [0.717, 1.165) is 59.8 Å². The number of para-hydroxylation sites is 1. The highest BCUT2D eigenvalue weighted by Gasteiger charge is 2.22. The number of rotatable bonds is 8. The summed E-state index contributed by atoms with van der Waals surface area (Å²) in [6.07, 6.45) is 3.38. The Morgan fingerprint density at radius 3 is 3.08 bits per heavy atom. The van der Waals surface area contributed by atoms with E-state index in [1.165, 1.54) is 11.3 Å². The number of nitrogens with two attached hydrogens (primary N) is 1. The number of aromatic nitrogens is 1. The van der Waals surface area contributed by atoms with E-state index in [1.807, 2.05) is 24.3 Å². The SMILES string of the molecule is NSNCCCCCC(=O)Nc1nc2c(s1)COc1ccccc1-2. The highest BCUT2D eigenvalue weighted by Crippen LogP contribution is 2.40. The highest BCUT2D eigenvalue weighted by molar-refractivity contribution is 7.95. The molecule has 8 heteroatoms. The predicted octanol–water partition coefficient (Wildman–Crippen LogP) is 3.31. The summed E-state index contributed by atoms with van der Waals surface area (Å²) in [4.78, 5) is 17.7. The summed E-state index contributed by atoms with van der Waals surface area (Å²) >= 11 is 2.61. The summed E-state index contributed by atoms with van der Waals surface area (Å²) < 4.78 is 8.71. The number of nitrogens with zero attached hydrogens (tertiary/aromatic N) is 1. The lowest BCUT2D eigenvalue weighted by atomic mass is 10.1. The van der Waals surface area contributed by atoms with Gasteiger partial charge in [0.2, 0.25) is 5.91 Å². The first-order valence-corrected chi connectivity index (χ1v) is 9.58. The normalized spacial score (nSPS) is 12.2. The zero-order valence-electron chi connectivity index (χ0n) is 13.2. The largest absolute Gasteiger partial charge is 0.487 e. The Labute approximate surface area is 149 Å². The maximum atomic E-state index is 12.0. The highest BCUT2D eigenvalue weighted by atomic mass is 32.2. The summed E-state index contributed by atoms with van der Waals surface area (Å²) in [7, 11) is 0. The molecule has 3 rings (SSSR count). The summed E-state index contributed by atoms with van der Waals surface area (Å²) in [5.41, 5.74) is 1.91. The lowest BCUT2D eigenvalue weighted by Gasteiger charge is -2.15. The minimum absolute atomic E-state index is 0.0106. The summed E-state index contributed by atoms with van der Waals surface area (Å²) in [5, 5.41) is 8.83. The van der Waals surface area contributed by atoms with Gasteiger partial charge in [-0.05, 0) is 25.0 Å². The van der Waals surface area contributed by atoms with Gasteiger partial charge in [-0.15, -0.1) is 0 Å². The molecule has 0 atom stereocenters. The van der Waals surface area contributed by atoms with Gasteiger partial charge in [-0.1, -0.05) is 29.9 Å². The van der Waals surface area contributed by atoms with Crippen molar-refractivity contribution in [1.82, 2.24) is 9.71 Å². The van der Waals surface area contributed by atoms with Crippen LogP contribution in [0.25, 0.3) is 11.3 Å². The monoisotopic (exact) mass is 364 g/mol. The maximum absolute atomic E-state index is 12.0. The van der Waals surface area contributed by atoms with Gasteiger partial charge < -0.3 is 10.1 Å². The van der Waals surface area contributed by atoms with E-state index in [4.69, 9.17) is 9.88 Å². The molecule has 0 saturated heterocycles. The lowest BCUT2D eigenvalue weighted by molar-refractivity contribution is -0.116. The Bertz CT molecular complexity index is 705. The quantitative estimate of drug-likeness (QED) is 0.492. The zero-order valence-corrected chi connectivity index (χ0v) is 14.8. The number of amides is 1. The van der Waals surface area contributed by atoms with E-state index in [9.17, 15) is 4.79 Å². The molecule has 0 fully saturated rings. The molecule has 0 unspecified atom stereocenters. The van der Waals surface area contributed by atoms with Crippen molar-refractivity contribution in [1.29, 1.82) is 0 Å². The van der Waals surface area contributed by atoms with Crippen molar-refractivity contribution in [3.05, 3.63) is 29.1 Å². The van der Waals surface area contributed by atoms with Gasteiger partial charge in [-0.3, -0.25) is 14.7 Å². The molecule has 2 aromatic rings. The van der Waals surface area contributed by atoms with Crippen LogP contribution in [0.4, 0.5) is 5.13 Å². The zero-order chi connectivity index (χ0) is 16.8. The molecule has 128 valence electrons. The molecule has 2 heterocycles. The molecule has 1 aromatic carbocycles. The molecule has 0 saturated carbocycles. The second-order valence-corrected chi connectivity index (χ2v) is 7.05. The fourth-order valence-corrected chi connectivity index (χ4v) is 3.71. The number of hydrogen-bond acceptors (Lipinski definition) is 7. The number of hydrogen-bond donors (Lipinski definition) is 3. The van der Waals surface area contributed by atoms with Gasteiger partial charge >= 0.3 is 0 Å². The molecule has 0 spiro atoms. The van der Waals surface area contributed by atoms with Crippen LogP contribution in [0.1, 0.15) is 30.6 Å². The number of carbonyl (C=O) groups excluding carboxylic acids is 1. The Balaban J connectivity index is 1.52. The van der Waals surface area contributed by atoms with Gasteiger partial charge in [0.25, 0.3) is 0 Å². The number of fused-ring (bicyclic) bond motifs is 3. The molecule has 24 heavy (non-hydrogen) atoms. The van der Waals surface area contributed by atoms with Gasteiger partial charge in [0, 0.05) is 30.7 Å². The van der Waals surface area contributed by atoms with E-state index < -0.39 is 0 Å². The van der Waals surface area contributed by atoms with Crippen molar-refractivity contribution in [3.8, 4) is 17.0 Å². The summed E-state index contributed by atoms with van der Waals surface area (Å²) in [6, 6.07) is 7.84. The first-order chi connectivity index (χ1) is 11.8. The molecule has 1 aromatic heterocycles. The smallest absolute Gasteiger partial charge is 0.226 e. The van der Waals surface area contributed by atoms with Crippen LogP contribution in [-0.4, -0.2) is 17.4 Å². The van der Waals surface area contributed by atoms with Crippen LogP contribution in [0.2, 0.25) is 0 Å². The minimum Gasteiger partial charge on any atom is -0.487 e. The second kappa shape index (κ2) is 8.48. The molecule has 0 radical (unpaired) electrons. The van der Waals surface area contributed by atoms with Crippen LogP contribution in [0.5, 0.6) is 5.75 Å². The summed E-state index contributed by atoms with van der Waals surface area (Å²) in [6.45, 7) is 1.37. The topological polar surface area (TPSA) is 89.3 Å². The van der Waals surface area contributed by atoms with Crippen molar-refractivity contribution >= 4 is 34.5 Å². The third-order valence-electron chi connectivity index (χ3n) is 3.71. The van der Waals surface area contributed by atoms with E-state index in [-0.39, 0.29) is 5.91 Å². The van der Waals surface area contributed by atoms with Crippen LogP contribution in [-0.2, 0) is 11.4 Å². The molecule has 0 bridgehead atoms. The van der Waals surface area contributed by atoms with Gasteiger partial charge in [-0.2, -0.15) is 0 Å². The Hall–Kier alpha value is -1.61. The van der Waals surface area contributed by atoms with Gasteiger partial charge in [0.15, 0.2) is 5.13 Å². The fourth-order valence-electron chi connectivity index (χ4n) is 2.55. The van der Waals surface area contributed by atoms with Gasteiger partial charge in [0.05, 0.1) is 10.6 Å². The van der Waals surface area contributed by atoms with Gasteiger partial charge in [0.1, 0.15) is 12.4 Å². The van der Waals surface area contributed by atoms with E-state index in [2.05, 4.69) is 15.0 Å². The Kier molecular flexibility index (Phi) is 6.08. The number of ether oxygens (including phenoxy) is 1. The summed E-state index contributed by atoms with van der Waals surface area (Å²) in [5.74, 6) is 0.855. The van der Waals surface area contributed by atoms with E-state index >= 15 is 0 Å². The second-order valence-electron chi connectivity index (χ2n) is 5.45. The molecule has 0 aliphatic carbocycles. The van der Waals surface area contributed by atoms with Crippen molar-refractivity contribution in [2.24, 2.45) is 5.14 Å². The van der Waals surface area contributed by atoms with Crippen molar-refractivity contribution < 1.29 is 9.53 Å². The standard InChI is InChI=1S/C16H20N4O2S2/c17-24-18-9-5-1-2-8-14(21)19-16-20-15-11-6-3-4-7-12(11)22-10-13(15)23-16/h3-4,6-7,18H,1-2,5,8-10,17H2,(H,19,20,21). The maximum Gasteiger partial charge on any atom is 0.226 e. The van der Waals surface area contributed by atoms with Crippen molar-refractivity contribution in [2.45, 2.75) is 32.3 Å². The fraction of sp³-hybridized carbons (Fsp3) is 0.375. The first kappa shape index (κ1) is 17.2. The minimum atomic E-state index is 0.0106. The molecule has 6 nitrogen and oxygen atoms in total. The third kappa shape index (κ3) is 4.27. The van der Waals surface area contributed by atoms with Crippen LogP contribution in [0, 0.1) is 0 Å². The Morgan fingerprint density at radius 2 is 2.21 bits per heavy atom.